The van der Waals surface area contributed by atoms with E-state index in [9.17, 15) is 4.79 Å². The van der Waals surface area contributed by atoms with E-state index < -0.39 is 5.41 Å². The minimum absolute atomic E-state index is 0.168. The van der Waals surface area contributed by atoms with Gasteiger partial charge in [-0.2, -0.15) is 0 Å². The van der Waals surface area contributed by atoms with Crippen LogP contribution < -0.4 is 15.8 Å². The number of hydrogen-bond donors (Lipinski definition) is 2. The molecule has 0 saturated heterocycles. The molecule has 0 spiro atoms. The third-order valence-corrected chi connectivity index (χ3v) is 3.24. The zero-order valence-electron chi connectivity index (χ0n) is 10.8. The Balaban J connectivity index is 2.68. The number of hydrogen-bond acceptors (Lipinski definition) is 3. The van der Waals surface area contributed by atoms with Crippen molar-refractivity contribution in [3.63, 3.8) is 0 Å². The fraction of sp³-hybridized carbons (Fsp3) is 0.385. The van der Waals surface area contributed by atoms with E-state index >= 15 is 0 Å². The first-order chi connectivity index (χ1) is 8.36. The van der Waals surface area contributed by atoms with Crippen molar-refractivity contribution >= 4 is 23.1 Å². The molecule has 0 aliphatic carbocycles. The molecule has 0 atom stereocenters. The molecule has 4 nitrogen and oxygen atoms in total. The number of carbonyl (C=O) groups is 1. The zero-order valence-corrected chi connectivity index (χ0v) is 11.6. The highest BCUT2D eigenvalue weighted by atomic mass is 32.1. The van der Waals surface area contributed by atoms with Crippen molar-refractivity contribution in [3.05, 3.63) is 29.8 Å². The standard InChI is InChI=1S/C13H18N2O2S/c1-13(2,12(14)18)8-15-11(16)9-5-4-6-10(7-9)17-3/h4-7H,8H2,1-3H3,(H2,14,18)(H,15,16). The maximum atomic E-state index is 11.9. The number of amides is 1. The highest BCUT2D eigenvalue weighted by Crippen LogP contribution is 2.15. The van der Waals surface area contributed by atoms with E-state index in [-0.39, 0.29) is 5.91 Å². The van der Waals surface area contributed by atoms with Crippen LogP contribution in [0.1, 0.15) is 24.2 Å². The van der Waals surface area contributed by atoms with E-state index in [0.717, 1.165) is 0 Å². The van der Waals surface area contributed by atoms with Crippen molar-refractivity contribution in [1.82, 2.24) is 5.32 Å². The second-order valence-corrected chi connectivity index (χ2v) is 5.10. The van der Waals surface area contributed by atoms with Crippen molar-refractivity contribution < 1.29 is 9.53 Å². The topological polar surface area (TPSA) is 64.3 Å². The van der Waals surface area contributed by atoms with Crippen molar-refractivity contribution in [2.45, 2.75) is 13.8 Å². The average Bonchev–Trinajstić information content (AvgIpc) is 2.36. The predicted molar refractivity (Wildman–Crippen MR) is 75.9 cm³/mol. The minimum Gasteiger partial charge on any atom is -0.497 e. The van der Waals surface area contributed by atoms with Crippen LogP contribution in [-0.2, 0) is 0 Å². The van der Waals surface area contributed by atoms with E-state index in [1.165, 1.54) is 0 Å². The van der Waals surface area contributed by atoms with Crippen LogP contribution in [0.3, 0.4) is 0 Å². The summed E-state index contributed by atoms with van der Waals surface area (Å²) in [6.45, 7) is 4.18. The van der Waals surface area contributed by atoms with Gasteiger partial charge in [-0.25, -0.2) is 0 Å². The van der Waals surface area contributed by atoms with Gasteiger partial charge in [0.25, 0.3) is 5.91 Å². The Labute approximate surface area is 113 Å². The number of nitrogens with two attached hydrogens (primary N) is 1. The molecule has 1 amide bonds. The summed E-state index contributed by atoms with van der Waals surface area (Å²) in [5, 5.41) is 2.81. The lowest BCUT2D eigenvalue weighted by atomic mass is 9.93. The van der Waals surface area contributed by atoms with Crippen LogP contribution in [-0.4, -0.2) is 24.6 Å². The number of ether oxygens (including phenoxy) is 1. The molecule has 1 aromatic carbocycles. The third kappa shape index (κ3) is 3.70. The predicted octanol–water partition coefficient (Wildman–Crippen LogP) is 1.74. The largest absolute Gasteiger partial charge is 0.497 e. The summed E-state index contributed by atoms with van der Waals surface area (Å²) in [4.78, 5) is 12.3. The van der Waals surface area contributed by atoms with Crippen LogP contribution in [0.25, 0.3) is 0 Å². The molecule has 0 aliphatic heterocycles. The summed E-state index contributed by atoms with van der Waals surface area (Å²) in [6, 6.07) is 6.97. The van der Waals surface area contributed by atoms with Gasteiger partial charge in [-0.05, 0) is 18.2 Å². The van der Waals surface area contributed by atoms with Gasteiger partial charge in [0.2, 0.25) is 0 Å². The molecule has 0 aromatic heterocycles. The van der Waals surface area contributed by atoms with Gasteiger partial charge in [0.1, 0.15) is 5.75 Å². The first-order valence-corrected chi connectivity index (χ1v) is 6.00. The van der Waals surface area contributed by atoms with E-state index in [0.29, 0.717) is 22.8 Å². The van der Waals surface area contributed by atoms with E-state index in [1.807, 2.05) is 13.8 Å². The van der Waals surface area contributed by atoms with Crippen LogP contribution >= 0.6 is 12.2 Å². The Kier molecular flexibility index (Phi) is 4.67. The summed E-state index contributed by atoms with van der Waals surface area (Å²) in [7, 11) is 1.56. The first-order valence-electron chi connectivity index (χ1n) is 5.59. The average molecular weight is 266 g/mol. The monoisotopic (exact) mass is 266 g/mol. The number of rotatable bonds is 5. The minimum atomic E-state index is -0.399. The molecule has 18 heavy (non-hydrogen) atoms. The molecular formula is C13H18N2O2S. The van der Waals surface area contributed by atoms with Crippen LogP contribution in [0.4, 0.5) is 0 Å². The Morgan fingerprint density at radius 1 is 1.50 bits per heavy atom. The lowest BCUT2D eigenvalue weighted by molar-refractivity contribution is 0.0944. The van der Waals surface area contributed by atoms with E-state index in [2.05, 4.69) is 5.32 Å². The molecule has 1 aromatic rings. The van der Waals surface area contributed by atoms with Gasteiger partial charge in [-0.1, -0.05) is 32.1 Å². The van der Waals surface area contributed by atoms with Gasteiger partial charge in [0.05, 0.1) is 12.1 Å². The van der Waals surface area contributed by atoms with Crippen LogP contribution in [0.2, 0.25) is 0 Å². The molecule has 0 aliphatic rings. The fourth-order valence-corrected chi connectivity index (χ4v) is 1.33. The summed E-state index contributed by atoms with van der Waals surface area (Å²) in [5.74, 6) is 0.481. The molecule has 5 heteroatoms. The SMILES string of the molecule is COc1cccc(C(=O)NCC(C)(C)C(N)=S)c1. The van der Waals surface area contributed by atoms with Gasteiger partial charge in [-0.15, -0.1) is 0 Å². The molecule has 0 radical (unpaired) electrons. The number of carbonyl (C=O) groups excluding carboxylic acids is 1. The Morgan fingerprint density at radius 2 is 2.17 bits per heavy atom. The molecule has 0 unspecified atom stereocenters. The maximum absolute atomic E-state index is 11.9. The van der Waals surface area contributed by atoms with Gasteiger partial charge in [0, 0.05) is 17.5 Å². The molecule has 0 bridgehead atoms. The van der Waals surface area contributed by atoms with Crippen LogP contribution in [0, 0.1) is 5.41 Å². The van der Waals surface area contributed by atoms with Crippen LogP contribution in [0.5, 0.6) is 5.75 Å². The highest BCUT2D eigenvalue weighted by Gasteiger charge is 2.22. The molecule has 0 fully saturated rings. The van der Waals surface area contributed by atoms with E-state index in [1.54, 1.807) is 31.4 Å². The Hall–Kier alpha value is -1.62. The smallest absolute Gasteiger partial charge is 0.251 e. The lowest BCUT2D eigenvalue weighted by Gasteiger charge is -2.23. The first kappa shape index (κ1) is 14.4. The number of methoxy groups -OCH3 is 1. The van der Waals surface area contributed by atoms with Crippen molar-refractivity contribution in [3.8, 4) is 5.75 Å². The molecule has 98 valence electrons. The fourth-order valence-electron chi connectivity index (χ4n) is 1.25. The quantitative estimate of drug-likeness (QED) is 0.797. The van der Waals surface area contributed by atoms with Gasteiger partial charge >= 0.3 is 0 Å². The Bertz CT molecular complexity index is 458. The molecule has 3 N–H and O–H groups in total. The zero-order chi connectivity index (χ0) is 13.8. The maximum Gasteiger partial charge on any atom is 0.251 e. The lowest BCUT2D eigenvalue weighted by Crippen LogP contribution is -2.41. The number of benzene rings is 1. The second-order valence-electron chi connectivity index (χ2n) is 4.66. The highest BCUT2D eigenvalue weighted by molar-refractivity contribution is 7.80. The summed E-state index contributed by atoms with van der Waals surface area (Å²) < 4.78 is 5.07. The summed E-state index contributed by atoms with van der Waals surface area (Å²) in [5.41, 5.74) is 5.75. The van der Waals surface area contributed by atoms with E-state index in [4.69, 9.17) is 22.7 Å². The molecule has 0 saturated carbocycles. The van der Waals surface area contributed by atoms with Gasteiger partial charge in [-0.3, -0.25) is 4.79 Å². The number of nitrogens with one attached hydrogen (secondary N) is 1. The van der Waals surface area contributed by atoms with Crippen LogP contribution in [0.15, 0.2) is 24.3 Å². The third-order valence-electron chi connectivity index (χ3n) is 2.69. The van der Waals surface area contributed by atoms with Crippen molar-refractivity contribution in [2.24, 2.45) is 11.1 Å². The second kappa shape index (κ2) is 5.82. The molecule has 0 heterocycles. The van der Waals surface area contributed by atoms with Gasteiger partial charge < -0.3 is 15.8 Å². The van der Waals surface area contributed by atoms with Crippen molar-refractivity contribution in [1.29, 1.82) is 0 Å². The normalized spacial score (nSPS) is 10.8. The molecule has 1 rings (SSSR count). The Morgan fingerprint density at radius 3 is 2.72 bits per heavy atom. The summed E-state index contributed by atoms with van der Waals surface area (Å²) >= 11 is 4.95. The van der Waals surface area contributed by atoms with Crippen molar-refractivity contribution in [2.75, 3.05) is 13.7 Å². The van der Waals surface area contributed by atoms with Gasteiger partial charge in [0.15, 0.2) is 0 Å². The molecular weight excluding hydrogens is 248 g/mol. The summed E-state index contributed by atoms with van der Waals surface area (Å²) in [6.07, 6.45) is 0. The number of thiocarbonyl (C=S) groups is 1.